The minimum Gasteiger partial charge on any atom is -0.383 e. The van der Waals surface area contributed by atoms with Crippen molar-refractivity contribution in [3.05, 3.63) is 29.3 Å². The fourth-order valence-corrected chi connectivity index (χ4v) is 2.60. The second-order valence-corrected chi connectivity index (χ2v) is 4.98. The predicted molar refractivity (Wildman–Crippen MR) is 72.5 cm³/mol. The highest BCUT2D eigenvalue weighted by atomic mass is 32.1. The van der Waals surface area contributed by atoms with Crippen LogP contribution in [0.4, 0.5) is 0 Å². The van der Waals surface area contributed by atoms with Gasteiger partial charge in [-0.2, -0.15) is 0 Å². The summed E-state index contributed by atoms with van der Waals surface area (Å²) in [6, 6.07) is 4.49. The average Bonchev–Trinajstić information content (AvgIpc) is 2.81. The Bertz CT molecular complexity index is 469. The molecule has 1 unspecified atom stereocenters. The summed E-state index contributed by atoms with van der Waals surface area (Å²) in [5.74, 6) is 0. The Balaban J connectivity index is 2.20. The van der Waals surface area contributed by atoms with Crippen molar-refractivity contribution in [2.24, 2.45) is 0 Å². The molecule has 0 spiro atoms. The summed E-state index contributed by atoms with van der Waals surface area (Å²) in [6.07, 6.45) is 3.07. The first-order chi connectivity index (χ1) is 8.35. The number of fused-ring (bicyclic) bond motifs is 1. The van der Waals surface area contributed by atoms with Gasteiger partial charge in [0.15, 0.2) is 0 Å². The van der Waals surface area contributed by atoms with Crippen LogP contribution in [-0.4, -0.2) is 25.2 Å². The number of pyridine rings is 1. The van der Waals surface area contributed by atoms with Crippen molar-refractivity contribution in [3.8, 4) is 0 Å². The monoisotopic (exact) mass is 250 g/mol. The summed E-state index contributed by atoms with van der Waals surface area (Å²) in [6.45, 7) is 3.84. The fraction of sp³-hybridized carbons (Fsp3) is 0.462. The molecule has 0 aliphatic carbocycles. The molecule has 17 heavy (non-hydrogen) atoms. The number of hydrogen-bond donors (Lipinski definition) is 1. The standard InChI is InChI=1S/C13H18N2OS/c1-3-5-14-12(9-16-2)10-7-13-11(15-8-10)4-6-17-13/h4,6-8,12,14H,3,5,9H2,1-2H3. The highest BCUT2D eigenvalue weighted by Crippen LogP contribution is 2.22. The van der Waals surface area contributed by atoms with Crippen molar-refractivity contribution in [1.82, 2.24) is 10.3 Å². The van der Waals surface area contributed by atoms with E-state index in [1.807, 2.05) is 6.20 Å². The minimum atomic E-state index is 0.235. The van der Waals surface area contributed by atoms with Crippen LogP contribution < -0.4 is 5.32 Å². The summed E-state index contributed by atoms with van der Waals surface area (Å²) in [4.78, 5) is 4.47. The van der Waals surface area contributed by atoms with Crippen molar-refractivity contribution in [2.75, 3.05) is 20.3 Å². The second kappa shape index (κ2) is 6.10. The number of aromatic nitrogens is 1. The molecule has 0 saturated carbocycles. The van der Waals surface area contributed by atoms with Gasteiger partial charge in [-0.3, -0.25) is 4.98 Å². The third kappa shape index (κ3) is 3.03. The quantitative estimate of drug-likeness (QED) is 0.856. The molecule has 2 aromatic rings. The van der Waals surface area contributed by atoms with Gasteiger partial charge in [0.1, 0.15) is 0 Å². The third-order valence-corrected chi connectivity index (χ3v) is 3.55. The largest absolute Gasteiger partial charge is 0.383 e. The van der Waals surface area contributed by atoms with Crippen molar-refractivity contribution in [2.45, 2.75) is 19.4 Å². The molecule has 2 rings (SSSR count). The summed E-state index contributed by atoms with van der Waals surface area (Å²) in [5.41, 5.74) is 2.28. The molecule has 0 aliphatic rings. The van der Waals surface area contributed by atoms with Crippen LogP contribution in [0.5, 0.6) is 0 Å². The van der Waals surface area contributed by atoms with E-state index < -0.39 is 0 Å². The molecule has 92 valence electrons. The van der Waals surface area contributed by atoms with Gasteiger partial charge in [-0.05, 0) is 36.0 Å². The van der Waals surface area contributed by atoms with E-state index in [1.54, 1.807) is 18.4 Å². The van der Waals surface area contributed by atoms with E-state index >= 15 is 0 Å². The van der Waals surface area contributed by atoms with Crippen molar-refractivity contribution in [1.29, 1.82) is 0 Å². The molecule has 4 heteroatoms. The molecule has 0 aromatic carbocycles. The van der Waals surface area contributed by atoms with Crippen LogP contribution in [0.15, 0.2) is 23.7 Å². The molecule has 2 aromatic heterocycles. The molecule has 2 heterocycles. The van der Waals surface area contributed by atoms with Gasteiger partial charge in [0, 0.05) is 13.3 Å². The lowest BCUT2D eigenvalue weighted by Crippen LogP contribution is -2.26. The fourth-order valence-electron chi connectivity index (χ4n) is 1.81. The molecule has 0 aliphatic heterocycles. The van der Waals surface area contributed by atoms with Crippen LogP contribution in [0.25, 0.3) is 10.2 Å². The predicted octanol–water partition coefficient (Wildman–Crippen LogP) is 2.98. The molecule has 0 amide bonds. The van der Waals surface area contributed by atoms with E-state index in [2.05, 4.69) is 34.7 Å². The lowest BCUT2D eigenvalue weighted by molar-refractivity contribution is 0.167. The van der Waals surface area contributed by atoms with Crippen molar-refractivity contribution < 1.29 is 4.74 Å². The average molecular weight is 250 g/mol. The zero-order valence-electron chi connectivity index (χ0n) is 10.3. The molecular formula is C13H18N2OS. The first kappa shape index (κ1) is 12.5. The van der Waals surface area contributed by atoms with Gasteiger partial charge in [-0.15, -0.1) is 11.3 Å². The smallest absolute Gasteiger partial charge is 0.0809 e. The first-order valence-corrected chi connectivity index (χ1v) is 6.78. The van der Waals surface area contributed by atoms with E-state index in [0.29, 0.717) is 6.61 Å². The molecular weight excluding hydrogens is 232 g/mol. The number of hydrogen-bond acceptors (Lipinski definition) is 4. The van der Waals surface area contributed by atoms with Crippen molar-refractivity contribution >= 4 is 21.6 Å². The third-order valence-electron chi connectivity index (χ3n) is 2.70. The van der Waals surface area contributed by atoms with Gasteiger partial charge in [0.2, 0.25) is 0 Å². The molecule has 3 nitrogen and oxygen atoms in total. The molecule has 1 N–H and O–H groups in total. The Labute approximate surface area is 106 Å². The summed E-state index contributed by atoms with van der Waals surface area (Å²) >= 11 is 1.73. The highest BCUT2D eigenvalue weighted by Gasteiger charge is 2.11. The van der Waals surface area contributed by atoms with E-state index in [9.17, 15) is 0 Å². The number of methoxy groups -OCH3 is 1. The molecule has 0 saturated heterocycles. The van der Waals surface area contributed by atoms with Crippen LogP contribution in [0, 0.1) is 0 Å². The zero-order valence-corrected chi connectivity index (χ0v) is 11.1. The second-order valence-electron chi connectivity index (χ2n) is 4.03. The Morgan fingerprint density at radius 3 is 3.18 bits per heavy atom. The highest BCUT2D eigenvalue weighted by molar-refractivity contribution is 7.17. The Morgan fingerprint density at radius 2 is 2.41 bits per heavy atom. The van der Waals surface area contributed by atoms with E-state index in [0.717, 1.165) is 18.5 Å². The molecule has 0 fully saturated rings. The van der Waals surface area contributed by atoms with Gasteiger partial charge in [0.25, 0.3) is 0 Å². The number of ether oxygens (including phenoxy) is 1. The van der Waals surface area contributed by atoms with E-state index in [4.69, 9.17) is 4.74 Å². The maximum absolute atomic E-state index is 5.26. The lowest BCUT2D eigenvalue weighted by atomic mass is 10.1. The SMILES string of the molecule is CCCNC(COC)c1cnc2ccsc2c1. The summed E-state index contributed by atoms with van der Waals surface area (Å²) in [5, 5.41) is 5.56. The van der Waals surface area contributed by atoms with Crippen LogP contribution >= 0.6 is 11.3 Å². The van der Waals surface area contributed by atoms with E-state index in [-0.39, 0.29) is 6.04 Å². The Hall–Kier alpha value is -0.970. The number of nitrogens with zero attached hydrogens (tertiary/aromatic N) is 1. The summed E-state index contributed by atoms with van der Waals surface area (Å²) in [7, 11) is 1.73. The van der Waals surface area contributed by atoms with Crippen molar-refractivity contribution in [3.63, 3.8) is 0 Å². The Morgan fingerprint density at radius 1 is 1.53 bits per heavy atom. The van der Waals surface area contributed by atoms with Gasteiger partial charge < -0.3 is 10.1 Å². The first-order valence-electron chi connectivity index (χ1n) is 5.90. The lowest BCUT2D eigenvalue weighted by Gasteiger charge is -2.17. The van der Waals surface area contributed by atoms with Crippen LogP contribution in [0.2, 0.25) is 0 Å². The number of rotatable bonds is 6. The topological polar surface area (TPSA) is 34.1 Å². The molecule has 1 atom stereocenters. The summed E-state index contributed by atoms with van der Waals surface area (Å²) < 4.78 is 6.50. The number of thiophene rings is 1. The normalized spacial score (nSPS) is 13.1. The van der Waals surface area contributed by atoms with Gasteiger partial charge >= 0.3 is 0 Å². The van der Waals surface area contributed by atoms with Crippen LogP contribution in [-0.2, 0) is 4.74 Å². The van der Waals surface area contributed by atoms with Crippen LogP contribution in [0.1, 0.15) is 24.9 Å². The molecule has 0 radical (unpaired) electrons. The van der Waals surface area contributed by atoms with Gasteiger partial charge in [-0.1, -0.05) is 6.92 Å². The van der Waals surface area contributed by atoms with Gasteiger partial charge in [-0.25, -0.2) is 0 Å². The van der Waals surface area contributed by atoms with Crippen LogP contribution in [0.3, 0.4) is 0 Å². The number of nitrogens with one attached hydrogen (secondary N) is 1. The maximum Gasteiger partial charge on any atom is 0.0809 e. The molecule has 0 bridgehead atoms. The minimum absolute atomic E-state index is 0.235. The van der Waals surface area contributed by atoms with Gasteiger partial charge in [0.05, 0.1) is 22.9 Å². The Kier molecular flexibility index (Phi) is 4.48. The van der Waals surface area contributed by atoms with E-state index in [1.165, 1.54) is 10.3 Å². The maximum atomic E-state index is 5.26. The zero-order chi connectivity index (χ0) is 12.1.